The minimum absolute atomic E-state index is 0.168. The quantitative estimate of drug-likeness (QED) is 0.787. The van der Waals surface area contributed by atoms with E-state index in [-0.39, 0.29) is 11.8 Å². The summed E-state index contributed by atoms with van der Waals surface area (Å²) >= 11 is 6.32. The van der Waals surface area contributed by atoms with Crippen LogP contribution in [0.25, 0.3) is 0 Å². The number of hydrogen-bond acceptors (Lipinski definition) is 3. The van der Waals surface area contributed by atoms with Crippen molar-refractivity contribution in [3.05, 3.63) is 58.6 Å². The number of nitrogens with one attached hydrogen (secondary N) is 1. The molecule has 0 bridgehead atoms. The van der Waals surface area contributed by atoms with E-state index in [0.717, 1.165) is 11.3 Å². The van der Waals surface area contributed by atoms with Gasteiger partial charge in [0.25, 0.3) is 5.91 Å². The van der Waals surface area contributed by atoms with Crippen molar-refractivity contribution in [3.63, 3.8) is 0 Å². The number of para-hydroxylation sites is 1. The number of halogens is 1. The maximum Gasteiger partial charge on any atom is 0.254 e. The number of fused-ring (bicyclic) bond motifs is 1. The Morgan fingerprint density at radius 2 is 1.96 bits per heavy atom. The van der Waals surface area contributed by atoms with Crippen LogP contribution >= 0.6 is 11.6 Å². The van der Waals surface area contributed by atoms with Crippen molar-refractivity contribution >= 4 is 29.1 Å². The van der Waals surface area contributed by atoms with Gasteiger partial charge in [-0.05, 0) is 31.5 Å². The summed E-state index contributed by atoms with van der Waals surface area (Å²) < 4.78 is 5.72. The standard InChI is InChI=1S/C20H21ClN2O3/c1-13-7-9-15(10-8-13)26-12-4-11-23-19-16(5-3-6-17(19)21)18(20(23)25)22-14(2)24/h3,5-10,18H,4,11-12H2,1-2H3,(H,22,24)/t18-/m0/s1. The Morgan fingerprint density at radius 1 is 1.23 bits per heavy atom. The molecule has 0 saturated carbocycles. The SMILES string of the molecule is CC(=O)N[C@@H]1C(=O)N(CCCOc2ccc(C)cc2)c2c(Cl)cccc21. The van der Waals surface area contributed by atoms with Gasteiger partial charge in [0.1, 0.15) is 11.8 Å². The second-order valence-electron chi connectivity index (χ2n) is 6.32. The van der Waals surface area contributed by atoms with Gasteiger partial charge in [-0.15, -0.1) is 0 Å². The first kappa shape index (κ1) is 18.3. The summed E-state index contributed by atoms with van der Waals surface area (Å²) in [5.74, 6) is 0.385. The molecule has 0 fully saturated rings. The lowest BCUT2D eigenvalue weighted by Gasteiger charge is -2.19. The van der Waals surface area contributed by atoms with Crippen molar-refractivity contribution in [2.24, 2.45) is 0 Å². The highest BCUT2D eigenvalue weighted by atomic mass is 35.5. The van der Waals surface area contributed by atoms with Crippen LogP contribution in [-0.2, 0) is 9.59 Å². The van der Waals surface area contributed by atoms with Crippen molar-refractivity contribution in [2.45, 2.75) is 26.3 Å². The van der Waals surface area contributed by atoms with Gasteiger partial charge in [0, 0.05) is 19.0 Å². The molecule has 1 atom stereocenters. The van der Waals surface area contributed by atoms with Gasteiger partial charge >= 0.3 is 0 Å². The lowest BCUT2D eigenvalue weighted by atomic mass is 10.1. The summed E-state index contributed by atoms with van der Waals surface area (Å²) in [6, 6.07) is 12.5. The Kier molecular flexibility index (Phi) is 5.47. The summed E-state index contributed by atoms with van der Waals surface area (Å²) in [5, 5.41) is 3.21. The second-order valence-corrected chi connectivity index (χ2v) is 6.72. The molecule has 1 aliphatic rings. The number of benzene rings is 2. The minimum atomic E-state index is -0.681. The molecule has 0 spiro atoms. The molecule has 0 saturated heterocycles. The number of carbonyl (C=O) groups excluding carboxylic acids is 2. The van der Waals surface area contributed by atoms with E-state index in [4.69, 9.17) is 16.3 Å². The van der Waals surface area contributed by atoms with Crippen LogP contribution in [0, 0.1) is 6.92 Å². The van der Waals surface area contributed by atoms with Gasteiger partial charge in [0.15, 0.2) is 0 Å². The molecule has 6 heteroatoms. The van der Waals surface area contributed by atoms with Crippen LogP contribution in [0.4, 0.5) is 5.69 Å². The molecule has 1 heterocycles. The summed E-state index contributed by atoms with van der Waals surface area (Å²) in [6.45, 7) is 4.37. The third-order valence-electron chi connectivity index (χ3n) is 4.28. The Hall–Kier alpha value is -2.53. The largest absolute Gasteiger partial charge is 0.494 e. The number of hydrogen-bond donors (Lipinski definition) is 1. The highest BCUT2D eigenvalue weighted by Crippen LogP contribution is 2.40. The zero-order valence-electron chi connectivity index (χ0n) is 14.8. The Balaban J connectivity index is 1.66. The maximum absolute atomic E-state index is 12.8. The Morgan fingerprint density at radius 3 is 2.65 bits per heavy atom. The first-order valence-corrected chi connectivity index (χ1v) is 8.91. The van der Waals surface area contributed by atoms with E-state index in [1.54, 1.807) is 17.0 Å². The monoisotopic (exact) mass is 372 g/mol. The van der Waals surface area contributed by atoms with Crippen molar-refractivity contribution < 1.29 is 14.3 Å². The van der Waals surface area contributed by atoms with E-state index >= 15 is 0 Å². The van der Waals surface area contributed by atoms with Crippen molar-refractivity contribution in [1.29, 1.82) is 0 Å². The number of anilines is 1. The fourth-order valence-corrected chi connectivity index (χ4v) is 3.34. The maximum atomic E-state index is 12.8. The molecular formula is C20H21ClN2O3. The van der Waals surface area contributed by atoms with Crippen LogP contribution < -0.4 is 15.0 Å². The number of carbonyl (C=O) groups is 2. The third kappa shape index (κ3) is 3.83. The number of rotatable bonds is 6. The summed E-state index contributed by atoms with van der Waals surface area (Å²) in [6.07, 6.45) is 0.650. The van der Waals surface area contributed by atoms with Gasteiger partial charge in [-0.25, -0.2) is 0 Å². The van der Waals surface area contributed by atoms with Crippen LogP contribution in [0.1, 0.15) is 30.5 Å². The van der Waals surface area contributed by atoms with E-state index in [2.05, 4.69) is 5.32 Å². The Bertz CT molecular complexity index is 820. The van der Waals surface area contributed by atoms with Gasteiger partial charge in [-0.2, -0.15) is 0 Å². The molecule has 0 aliphatic carbocycles. The van der Waals surface area contributed by atoms with E-state index in [1.165, 1.54) is 12.5 Å². The predicted octanol–water partition coefficient (Wildman–Crippen LogP) is 3.64. The zero-order chi connectivity index (χ0) is 18.7. The summed E-state index contributed by atoms with van der Waals surface area (Å²) in [5.41, 5.74) is 2.58. The molecule has 2 aromatic rings. The fourth-order valence-electron chi connectivity index (χ4n) is 3.06. The van der Waals surface area contributed by atoms with Gasteiger partial charge in [-0.3, -0.25) is 9.59 Å². The topological polar surface area (TPSA) is 58.6 Å². The summed E-state index contributed by atoms with van der Waals surface area (Å²) in [7, 11) is 0. The van der Waals surface area contributed by atoms with Crippen LogP contribution in [0.15, 0.2) is 42.5 Å². The smallest absolute Gasteiger partial charge is 0.254 e. The molecule has 0 unspecified atom stereocenters. The normalized spacial score (nSPS) is 15.7. The molecule has 2 amide bonds. The second kappa shape index (κ2) is 7.79. The van der Waals surface area contributed by atoms with Gasteiger partial charge in [-0.1, -0.05) is 41.4 Å². The lowest BCUT2D eigenvalue weighted by molar-refractivity contribution is -0.126. The molecule has 26 heavy (non-hydrogen) atoms. The molecule has 0 radical (unpaired) electrons. The molecule has 1 aliphatic heterocycles. The zero-order valence-corrected chi connectivity index (χ0v) is 15.5. The van der Waals surface area contributed by atoms with E-state index in [1.807, 2.05) is 37.3 Å². The first-order valence-electron chi connectivity index (χ1n) is 8.53. The van der Waals surface area contributed by atoms with Crippen molar-refractivity contribution in [3.8, 4) is 5.75 Å². The minimum Gasteiger partial charge on any atom is -0.494 e. The summed E-state index contributed by atoms with van der Waals surface area (Å²) in [4.78, 5) is 25.9. The van der Waals surface area contributed by atoms with E-state index < -0.39 is 6.04 Å². The van der Waals surface area contributed by atoms with E-state index in [0.29, 0.717) is 30.3 Å². The predicted molar refractivity (Wildman–Crippen MR) is 102 cm³/mol. The molecule has 5 nitrogen and oxygen atoms in total. The first-order chi connectivity index (χ1) is 12.5. The van der Waals surface area contributed by atoms with E-state index in [9.17, 15) is 9.59 Å². The molecule has 3 rings (SSSR count). The number of amides is 2. The van der Waals surface area contributed by atoms with Crippen LogP contribution in [0.2, 0.25) is 5.02 Å². The van der Waals surface area contributed by atoms with Crippen molar-refractivity contribution in [2.75, 3.05) is 18.1 Å². The van der Waals surface area contributed by atoms with Crippen LogP contribution in [-0.4, -0.2) is 25.0 Å². The molecule has 0 aromatic heterocycles. The fraction of sp³-hybridized carbons (Fsp3) is 0.300. The number of nitrogens with zero attached hydrogens (tertiary/aromatic N) is 1. The molecular weight excluding hydrogens is 352 g/mol. The molecule has 1 N–H and O–H groups in total. The highest BCUT2D eigenvalue weighted by molar-refractivity contribution is 6.34. The number of aryl methyl sites for hydroxylation is 1. The molecule has 2 aromatic carbocycles. The molecule has 136 valence electrons. The van der Waals surface area contributed by atoms with Crippen LogP contribution in [0.5, 0.6) is 5.75 Å². The highest BCUT2D eigenvalue weighted by Gasteiger charge is 2.38. The lowest BCUT2D eigenvalue weighted by Crippen LogP contribution is -2.37. The average molecular weight is 373 g/mol. The Labute approximate surface area is 157 Å². The third-order valence-corrected chi connectivity index (χ3v) is 4.58. The number of ether oxygens (including phenoxy) is 1. The van der Waals surface area contributed by atoms with Crippen LogP contribution in [0.3, 0.4) is 0 Å². The van der Waals surface area contributed by atoms with Gasteiger partial charge in [0.2, 0.25) is 5.91 Å². The van der Waals surface area contributed by atoms with Gasteiger partial charge < -0.3 is 15.0 Å². The van der Waals surface area contributed by atoms with Gasteiger partial charge in [0.05, 0.1) is 17.3 Å². The van der Waals surface area contributed by atoms with Crippen molar-refractivity contribution in [1.82, 2.24) is 5.32 Å². The average Bonchev–Trinajstić information content (AvgIpc) is 2.86.